The first kappa shape index (κ1) is 9.87. The molecular weight excluding hydrogens is 216 g/mol. The molecule has 1 aromatic rings. The Hall–Kier alpha value is -0.670. The van der Waals surface area contributed by atoms with E-state index in [4.69, 9.17) is 11.6 Å². The number of thioether (sulfide) groups is 1. The molecule has 1 heterocycles. The van der Waals surface area contributed by atoms with Crippen molar-refractivity contribution in [2.24, 2.45) is 0 Å². The molecular formula is C10H12ClN2S+. The Balaban J connectivity index is 1.94. The summed E-state index contributed by atoms with van der Waals surface area (Å²) in [5, 5.41) is 4.90. The predicted octanol–water partition coefficient (Wildman–Crippen LogP) is 0.889. The van der Waals surface area contributed by atoms with Gasteiger partial charge in [0.15, 0.2) is 0 Å². The van der Waals surface area contributed by atoms with E-state index in [1.165, 1.54) is 0 Å². The van der Waals surface area contributed by atoms with E-state index in [-0.39, 0.29) is 0 Å². The zero-order valence-electron chi connectivity index (χ0n) is 7.66. The second-order valence-corrected chi connectivity index (χ2v) is 4.71. The average Bonchev–Trinajstić information content (AvgIpc) is 2.67. The Morgan fingerprint density at radius 1 is 1.43 bits per heavy atom. The van der Waals surface area contributed by atoms with Gasteiger partial charge in [0.25, 0.3) is 0 Å². The average molecular weight is 228 g/mol. The van der Waals surface area contributed by atoms with Crippen LogP contribution in [0.1, 0.15) is 0 Å². The molecule has 1 unspecified atom stereocenters. The van der Waals surface area contributed by atoms with Crippen LogP contribution in [0.2, 0.25) is 0 Å². The zero-order chi connectivity index (χ0) is 9.80. The Bertz CT molecular complexity index is 326. The van der Waals surface area contributed by atoms with Gasteiger partial charge in [-0.1, -0.05) is 18.2 Å². The molecule has 0 saturated heterocycles. The zero-order valence-corrected chi connectivity index (χ0v) is 9.24. The summed E-state index contributed by atoms with van der Waals surface area (Å²) in [6.07, 6.45) is 0. The number of hydrogen-bond donors (Lipinski definition) is 2. The summed E-state index contributed by atoms with van der Waals surface area (Å²) >= 11 is 7.54. The summed E-state index contributed by atoms with van der Waals surface area (Å²) in [6, 6.07) is 10.1. The molecule has 0 fully saturated rings. The van der Waals surface area contributed by atoms with E-state index in [0.717, 1.165) is 17.4 Å². The maximum atomic E-state index is 5.77. The molecule has 0 spiro atoms. The molecule has 4 heteroatoms. The highest BCUT2D eigenvalue weighted by Crippen LogP contribution is 2.16. The summed E-state index contributed by atoms with van der Waals surface area (Å²) in [4.78, 5) is 3.29. The van der Waals surface area contributed by atoms with Crippen LogP contribution in [-0.4, -0.2) is 22.8 Å². The van der Waals surface area contributed by atoms with Crippen LogP contribution in [0, 0.1) is 0 Å². The molecule has 0 amide bonds. The lowest BCUT2D eigenvalue weighted by atomic mass is 10.3. The van der Waals surface area contributed by atoms with Crippen LogP contribution in [-0.2, 0) is 0 Å². The summed E-state index contributed by atoms with van der Waals surface area (Å²) in [6.45, 7) is 0.948. The van der Waals surface area contributed by atoms with Crippen molar-refractivity contribution < 1.29 is 4.99 Å². The van der Waals surface area contributed by atoms with Crippen molar-refractivity contribution in [1.29, 1.82) is 0 Å². The van der Waals surface area contributed by atoms with Gasteiger partial charge in [0, 0.05) is 5.88 Å². The molecule has 2 N–H and O–H groups in total. The fourth-order valence-corrected chi connectivity index (χ4v) is 2.47. The van der Waals surface area contributed by atoms with Crippen molar-refractivity contribution in [3.8, 4) is 0 Å². The van der Waals surface area contributed by atoms with Crippen molar-refractivity contribution in [2.75, 3.05) is 17.7 Å². The van der Waals surface area contributed by atoms with E-state index in [9.17, 15) is 0 Å². The summed E-state index contributed by atoms with van der Waals surface area (Å²) < 4.78 is 0. The molecule has 0 saturated carbocycles. The van der Waals surface area contributed by atoms with Crippen LogP contribution in [0.5, 0.6) is 0 Å². The van der Waals surface area contributed by atoms with Crippen LogP contribution in [0.3, 0.4) is 0 Å². The molecule has 0 radical (unpaired) electrons. The number of para-hydroxylation sites is 1. The monoisotopic (exact) mass is 227 g/mol. The minimum absolute atomic E-state index is 0.489. The molecule has 1 atom stereocenters. The Labute approximate surface area is 92.8 Å². The van der Waals surface area contributed by atoms with Crippen LogP contribution in [0.4, 0.5) is 5.69 Å². The third kappa shape index (κ3) is 2.42. The van der Waals surface area contributed by atoms with Gasteiger partial charge in [0.1, 0.15) is 5.69 Å². The quantitative estimate of drug-likeness (QED) is 0.734. The van der Waals surface area contributed by atoms with Gasteiger partial charge < -0.3 is 0 Å². The van der Waals surface area contributed by atoms with Gasteiger partial charge in [-0.2, -0.15) is 0 Å². The maximum Gasteiger partial charge on any atom is 0.309 e. The van der Waals surface area contributed by atoms with E-state index < -0.39 is 0 Å². The van der Waals surface area contributed by atoms with E-state index in [1.807, 2.05) is 30.3 Å². The standard InChI is InChI=1S/C10H11ClN2S/c11-6-9-7-12-10(14-9)13-8-4-2-1-3-5-8/h1-5,9H,6-7H2,(H,12,13)/p+1. The minimum Gasteiger partial charge on any atom is -0.267 e. The van der Waals surface area contributed by atoms with Gasteiger partial charge in [0.2, 0.25) is 0 Å². The molecule has 0 aromatic heterocycles. The van der Waals surface area contributed by atoms with Gasteiger partial charge >= 0.3 is 5.17 Å². The van der Waals surface area contributed by atoms with Gasteiger partial charge in [-0.15, -0.1) is 11.6 Å². The number of halogens is 1. The number of anilines is 1. The summed E-state index contributed by atoms with van der Waals surface area (Å²) in [7, 11) is 0. The second kappa shape index (κ2) is 4.71. The minimum atomic E-state index is 0.489. The first-order valence-electron chi connectivity index (χ1n) is 4.54. The molecule has 1 aliphatic rings. The van der Waals surface area contributed by atoms with Crippen molar-refractivity contribution in [3.05, 3.63) is 30.3 Å². The lowest BCUT2D eigenvalue weighted by Crippen LogP contribution is -2.72. The maximum absolute atomic E-state index is 5.77. The molecule has 1 aromatic carbocycles. The number of nitrogens with one attached hydrogen (secondary N) is 2. The SMILES string of the molecule is ClCC1C[NH+]=C(Nc2ccccc2)S1. The number of alkyl halides is 1. The molecule has 0 aliphatic carbocycles. The third-order valence-electron chi connectivity index (χ3n) is 1.98. The first-order chi connectivity index (χ1) is 6.88. The van der Waals surface area contributed by atoms with Crippen LogP contribution in [0.15, 0.2) is 30.3 Å². The number of benzene rings is 1. The van der Waals surface area contributed by atoms with Gasteiger partial charge in [0.05, 0.1) is 11.8 Å². The normalized spacial score (nSPS) is 20.6. The smallest absolute Gasteiger partial charge is 0.267 e. The highest BCUT2D eigenvalue weighted by atomic mass is 35.5. The highest BCUT2D eigenvalue weighted by molar-refractivity contribution is 8.14. The van der Waals surface area contributed by atoms with Crippen molar-refractivity contribution >= 4 is 34.2 Å². The lowest BCUT2D eigenvalue weighted by molar-refractivity contribution is -0.448. The Morgan fingerprint density at radius 2 is 2.21 bits per heavy atom. The number of rotatable bonds is 2. The molecule has 2 rings (SSSR count). The molecule has 74 valence electrons. The summed E-state index contributed by atoms with van der Waals surface area (Å²) in [5.74, 6) is 0.692. The second-order valence-electron chi connectivity index (χ2n) is 3.10. The third-order valence-corrected chi connectivity index (χ3v) is 3.68. The first-order valence-corrected chi connectivity index (χ1v) is 5.95. The summed E-state index contributed by atoms with van der Waals surface area (Å²) in [5.41, 5.74) is 1.11. The van der Waals surface area contributed by atoms with E-state index >= 15 is 0 Å². The van der Waals surface area contributed by atoms with Crippen molar-refractivity contribution in [2.45, 2.75) is 5.25 Å². The fourth-order valence-electron chi connectivity index (χ4n) is 1.27. The number of amidine groups is 1. The van der Waals surface area contributed by atoms with Crippen LogP contribution >= 0.6 is 23.4 Å². The number of hydrogen-bond acceptors (Lipinski definition) is 2. The van der Waals surface area contributed by atoms with E-state index in [2.05, 4.69) is 10.3 Å². The topological polar surface area (TPSA) is 26.0 Å². The van der Waals surface area contributed by atoms with Crippen LogP contribution < -0.4 is 10.3 Å². The van der Waals surface area contributed by atoms with Crippen molar-refractivity contribution in [1.82, 2.24) is 0 Å². The van der Waals surface area contributed by atoms with Crippen molar-refractivity contribution in [3.63, 3.8) is 0 Å². The molecule has 0 bridgehead atoms. The molecule has 14 heavy (non-hydrogen) atoms. The Kier molecular flexibility index (Phi) is 3.32. The highest BCUT2D eigenvalue weighted by Gasteiger charge is 2.23. The molecule has 1 aliphatic heterocycles. The lowest BCUT2D eigenvalue weighted by Gasteiger charge is -1.99. The largest absolute Gasteiger partial charge is 0.309 e. The van der Waals surface area contributed by atoms with Gasteiger partial charge in [-0.3, -0.25) is 4.99 Å². The predicted molar refractivity (Wildman–Crippen MR) is 63.0 cm³/mol. The Morgan fingerprint density at radius 3 is 2.86 bits per heavy atom. The van der Waals surface area contributed by atoms with E-state index in [0.29, 0.717) is 11.1 Å². The van der Waals surface area contributed by atoms with Gasteiger partial charge in [-0.25, -0.2) is 5.32 Å². The van der Waals surface area contributed by atoms with E-state index in [1.54, 1.807) is 11.8 Å². The fraction of sp³-hybridized carbons (Fsp3) is 0.300. The van der Waals surface area contributed by atoms with Gasteiger partial charge in [-0.05, 0) is 23.9 Å². The molecule has 2 nitrogen and oxygen atoms in total. The van der Waals surface area contributed by atoms with Crippen LogP contribution in [0.25, 0.3) is 0 Å².